The first-order chi connectivity index (χ1) is 13.1. The monoisotopic (exact) mass is 361 g/mol. The molecule has 1 amide bonds. The van der Waals surface area contributed by atoms with Gasteiger partial charge >= 0.3 is 0 Å². The highest BCUT2D eigenvalue weighted by Gasteiger charge is 2.29. The molecule has 0 fully saturated rings. The number of nitrogens with zero attached hydrogens (tertiary/aromatic N) is 3. The van der Waals surface area contributed by atoms with Crippen LogP contribution in [0.2, 0.25) is 0 Å². The summed E-state index contributed by atoms with van der Waals surface area (Å²) in [6.07, 6.45) is 3.50. The van der Waals surface area contributed by atoms with E-state index in [0.29, 0.717) is 12.4 Å². The van der Waals surface area contributed by atoms with Crippen LogP contribution in [0.15, 0.2) is 65.2 Å². The molecule has 0 aliphatic carbocycles. The van der Waals surface area contributed by atoms with Gasteiger partial charge in [-0.15, -0.1) is 0 Å². The Morgan fingerprint density at radius 1 is 1.11 bits per heavy atom. The summed E-state index contributed by atoms with van der Waals surface area (Å²) in [6.45, 7) is 0.629. The van der Waals surface area contributed by atoms with Crippen LogP contribution < -0.4 is 4.90 Å². The molecule has 0 bridgehead atoms. The molecule has 5 heteroatoms. The molecular weight excluding hydrogens is 338 g/mol. The van der Waals surface area contributed by atoms with Crippen molar-refractivity contribution in [2.75, 3.05) is 25.5 Å². The molecule has 3 aromatic rings. The minimum atomic E-state index is -0.147. The summed E-state index contributed by atoms with van der Waals surface area (Å²) in [5.74, 6) is 0.583. The van der Waals surface area contributed by atoms with Gasteiger partial charge in [-0.3, -0.25) is 4.79 Å². The number of benzene rings is 2. The molecule has 1 aliphatic rings. The first-order valence-electron chi connectivity index (χ1n) is 9.21. The van der Waals surface area contributed by atoms with Crippen LogP contribution in [0.25, 0.3) is 11.5 Å². The quantitative estimate of drug-likeness (QED) is 0.711. The minimum Gasteiger partial charge on any atom is -0.431 e. The number of amides is 1. The van der Waals surface area contributed by atoms with E-state index in [9.17, 15) is 4.79 Å². The molecule has 0 radical (unpaired) electrons. The number of aryl methyl sites for hydroxylation is 1. The van der Waals surface area contributed by atoms with Gasteiger partial charge in [-0.25, -0.2) is 4.98 Å². The number of hydrogen-bond acceptors (Lipinski definition) is 4. The second kappa shape index (κ2) is 7.37. The molecule has 1 atom stereocenters. The van der Waals surface area contributed by atoms with E-state index in [0.717, 1.165) is 24.1 Å². The summed E-state index contributed by atoms with van der Waals surface area (Å²) in [7, 11) is 4.12. The maximum Gasteiger partial charge on any atom is 0.295 e. The first kappa shape index (κ1) is 17.5. The Labute approximate surface area is 159 Å². The molecular formula is C22H23N3O2. The molecule has 0 N–H and O–H groups in total. The number of para-hydroxylation sites is 1. The fraction of sp³-hybridized carbons (Fsp3) is 0.273. The second-order valence-corrected chi connectivity index (χ2v) is 7.10. The van der Waals surface area contributed by atoms with Crippen LogP contribution >= 0.6 is 0 Å². The maximum atomic E-state index is 13.3. The average molecular weight is 361 g/mol. The largest absolute Gasteiger partial charge is 0.431 e. The van der Waals surface area contributed by atoms with Crippen LogP contribution in [0.4, 0.5) is 5.69 Å². The smallest absolute Gasteiger partial charge is 0.295 e. The molecule has 4 rings (SSSR count). The molecule has 0 saturated carbocycles. The van der Waals surface area contributed by atoms with Gasteiger partial charge in [-0.1, -0.05) is 36.4 Å². The Balaban J connectivity index is 1.68. The van der Waals surface area contributed by atoms with Crippen molar-refractivity contribution in [3.05, 3.63) is 72.1 Å². The number of hydrogen-bond donors (Lipinski definition) is 0. The van der Waals surface area contributed by atoms with E-state index in [1.807, 2.05) is 53.4 Å². The van der Waals surface area contributed by atoms with Gasteiger partial charge in [-0.05, 0) is 50.7 Å². The standard InChI is InChI=1S/C22H23N3O2/c1-24(2)18-13-12-16-8-6-7-11-19(16)25(15-18)22(26)20-14-23-21(27-20)17-9-4-3-5-10-17/h3-11,14,18H,12-13,15H2,1-2H3. The number of rotatable bonds is 3. The van der Waals surface area contributed by atoms with Crippen molar-refractivity contribution in [2.24, 2.45) is 0 Å². The highest BCUT2D eigenvalue weighted by Crippen LogP contribution is 2.29. The summed E-state index contributed by atoms with van der Waals surface area (Å²) < 4.78 is 5.82. The number of carbonyl (C=O) groups excluding carboxylic acids is 1. The van der Waals surface area contributed by atoms with Gasteiger partial charge in [0.2, 0.25) is 11.7 Å². The Morgan fingerprint density at radius 2 is 1.85 bits per heavy atom. The van der Waals surface area contributed by atoms with E-state index in [-0.39, 0.29) is 17.7 Å². The van der Waals surface area contributed by atoms with Gasteiger partial charge in [0, 0.05) is 23.8 Å². The predicted molar refractivity (Wildman–Crippen MR) is 106 cm³/mol. The lowest BCUT2D eigenvalue weighted by Gasteiger charge is -2.28. The van der Waals surface area contributed by atoms with Gasteiger partial charge in [0.15, 0.2) is 0 Å². The topological polar surface area (TPSA) is 49.6 Å². The Kier molecular flexibility index (Phi) is 4.77. The van der Waals surface area contributed by atoms with Crippen molar-refractivity contribution < 1.29 is 9.21 Å². The minimum absolute atomic E-state index is 0.147. The number of fused-ring (bicyclic) bond motifs is 1. The van der Waals surface area contributed by atoms with Gasteiger partial charge in [0.25, 0.3) is 5.91 Å². The third kappa shape index (κ3) is 3.51. The summed E-state index contributed by atoms with van der Waals surface area (Å²) in [4.78, 5) is 21.6. The third-order valence-electron chi connectivity index (χ3n) is 5.14. The Bertz CT molecular complexity index is 933. The van der Waals surface area contributed by atoms with Crippen molar-refractivity contribution >= 4 is 11.6 Å². The Morgan fingerprint density at radius 3 is 2.63 bits per heavy atom. The fourth-order valence-corrected chi connectivity index (χ4v) is 3.54. The molecule has 0 spiro atoms. The molecule has 138 valence electrons. The third-order valence-corrected chi connectivity index (χ3v) is 5.14. The number of anilines is 1. The van der Waals surface area contributed by atoms with E-state index in [1.54, 1.807) is 0 Å². The zero-order chi connectivity index (χ0) is 18.8. The highest BCUT2D eigenvalue weighted by molar-refractivity contribution is 6.04. The summed E-state index contributed by atoms with van der Waals surface area (Å²) in [6, 6.07) is 18.0. The van der Waals surface area contributed by atoms with Crippen LogP contribution in [-0.4, -0.2) is 42.5 Å². The van der Waals surface area contributed by atoms with E-state index < -0.39 is 0 Å². The van der Waals surface area contributed by atoms with Crippen LogP contribution in [-0.2, 0) is 6.42 Å². The van der Waals surface area contributed by atoms with Crippen molar-refractivity contribution in [1.82, 2.24) is 9.88 Å². The van der Waals surface area contributed by atoms with Crippen molar-refractivity contribution in [1.29, 1.82) is 0 Å². The van der Waals surface area contributed by atoms with E-state index in [4.69, 9.17) is 4.42 Å². The van der Waals surface area contributed by atoms with Crippen LogP contribution in [0.5, 0.6) is 0 Å². The van der Waals surface area contributed by atoms with Crippen LogP contribution in [0.1, 0.15) is 22.5 Å². The predicted octanol–water partition coefficient (Wildman–Crippen LogP) is 3.86. The van der Waals surface area contributed by atoms with E-state index in [1.165, 1.54) is 11.8 Å². The van der Waals surface area contributed by atoms with Gasteiger partial charge in [0.05, 0.1) is 6.20 Å². The lowest BCUT2D eigenvalue weighted by atomic mass is 10.1. The van der Waals surface area contributed by atoms with Crippen molar-refractivity contribution in [3.63, 3.8) is 0 Å². The first-order valence-corrected chi connectivity index (χ1v) is 9.21. The summed E-state index contributed by atoms with van der Waals surface area (Å²) >= 11 is 0. The molecule has 2 aromatic carbocycles. The molecule has 1 aromatic heterocycles. The number of likely N-dealkylation sites (N-methyl/N-ethyl adjacent to an activating group) is 1. The van der Waals surface area contributed by atoms with Crippen molar-refractivity contribution in [3.8, 4) is 11.5 Å². The normalized spacial score (nSPS) is 16.9. The molecule has 5 nitrogen and oxygen atoms in total. The fourth-order valence-electron chi connectivity index (χ4n) is 3.54. The second-order valence-electron chi connectivity index (χ2n) is 7.10. The zero-order valence-corrected chi connectivity index (χ0v) is 15.6. The lowest BCUT2D eigenvalue weighted by Crippen LogP contribution is -2.42. The van der Waals surface area contributed by atoms with Gasteiger partial charge in [0.1, 0.15) is 0 Å². The molecule has 1 aliphatic heterocycles. The van der Waals surface area contributed by atoms with Crippen molar-refractivity contribution in [2.45, 2.75) is 18.9 Å². The number of aromatic nitrogens is 1. The Hall–Kier alpha value is -2.92. The zero-order valence-electron chi connectivity index (χ0n) is 15.6. The number of carbonyl (C=O) groups is 1. The average Bonchev–Trinajstić information content (AvgIpc) is 3.10. The molecule has 27 heavy (non-hydrogen) atoms. The van der Waals surface area contributed by atoms with Crippen LogP contribution in [0.3, 0.4) is 0 Å². The molecule has 2 heterocycles. The van der Waals surface area contributed by atoms with E-state index in [2.05, 4.69) is 30.0 Å². The summed E-state index contributed by atoms with van der Waals surface area (Å²) in [5.41, 5.74) is 3.02. The summed E-state index contributed by atoms with van der Waals surface area (Å²) in [5, 5.41) is 0. The van der Waals surface area contributed by atoms with Gasteiger partial charge < -0.3 is 14.2 Å². The molecule has 1 unspecified atom stereocenters. The number of oxazole rings is 1. The lowest BCUT2D eigenvalue weighted by molar-refractivity contribution is 0.0954. The highest BCUT2D eigenvalue weighted by atomic mass is 16.4. The maximum absolute atomic E-state index is 13.3. The molecule has 0 saturated heterocycles. The van der Waals surface area contributed by atoms with E-state index >= 15 is 0 Å². The SMILES string of the molecule is CN(C)C1CCc2ccccc2N(C(=O)c2cnc(-c3ccccc3)o2)C1. The van der Waals surface area contributed by atoms with Crippen LogP contribution in [0, 0.1) is 0 Å². The van der Waals surface area contributed by atoms with Gasteiger partial charge in [-0.2, -0.15) is 0 Å².